The zero-order chi connectivity index (χ0) is 26.3. The molecule has 1 atom stereocenters. The van der Waals surface area contributed by atoms with Crippen LogP contribution in [0.15, 0.2) is 42.5 Å². The van der Waals surface area contributed by atoms with Crippen molar-refractivity contribution in [2.24, 2.45) is 0 Å². The minimum absolute atomic E-state index is 0.0846. The van der Waals surface area contributed by atoms with Crippen molar-refractivity contribution in [2.45, 2.75) is 39.8 Å². The van der Waals surface area contributed by atoms with Crippen molar-refractivity contribution in [1.82, 2.24) is 10.2 Å². The van der Waals surface area contributed by atoms with Gasteiger partial charge < -0.3 is 19.7 Å². The van der Waals surface area contributed by atoms with Crippen LogP contribution >= 0.6 is 11.6 Å². The first-order valence-electron chi connectivity index (χ1n) is 11.9. The molecule has 1 unspecified atom stereocenters. The fourth-order valence-electron chi connectivity index (χ4n) is 3.72. The Kier molecular flexibility index (Phi) is 9.44. The Morgan fingerprint density at radius 3 is 2.47 bits per heavy atom. The van der Waals surface area contributed by atoms with Crippen LogP contribution in [0.3, 0.4) is 0 Å². The third-order valence-corrected chi connectivity index (χ3v) is 7.73. The number of sulfonamides is 1. The van der Waals surface area contributed by atoms with E-state index in [1.54, 1.807) is 49.4 Å². The number of fused-ring (bicyclic) bond motifs is 1. The fraction of sp³-hybridized carbons (Fsp3) is 0.440. The normalized spacial score (nSPS) is 13.6. The highest BCUT2D eigenvalue weighted by Crippen LogP contribution is 2.35. The first kappa shape index (κ1) is 27.6. The van der Waals surface area contributed by atoms with E-state index in [-0.39, 0.29) is 23.9 Å². The molecule has 2 aromatic rings. The number of amides is 2. The van der Waals surface area contributed by atoms with Gasteiger partial charge in [-0.15, -0.1) is 0 Å². The number of ether oxygens (including phenoxy) is 2. The van der Waals surface area contributed by atoms with Crippen LogP contribution in [0.5, 0.6) is 11.5 Å². The van der Waals surface area contributed by atoms with Crippen LogP contribution in [-0.4, -0.2) is 63.2 Å². The second kappa shape index (κ2) is 12.3. The van der Waals surface area contributed by atoms with Crippen LogP contribution in [0.25, 0.3) is 0 Å². The van der Waals surface area contributed by atoms with E-state index in [1.807, 2.05) is 6.92 Å². The minimum Gasteiger partial charge on any atom is -0.486 e. The van der Waals surface area contributed by atoms with Crippen LogP contribution < -0.4 is 19.1 Å². The molecule has 0 fully saturated rings. The van der Waals surface area contributed by atoms with Gasteiger partial charge in [0.25, 0.3) is 0 Å². The van der Waals surface area contributed by atoms with Gasteiger partial charge in [-0.3, -0.25) is 13.9 Å². The molecule has 1 N–H and O–H groups in total. The maximum absolute atomic E-state index is 13.6. The van der Waals surface area contributed by atoms with Gasteiger partial charge in [0.2, 0.25) is 21.8 Å². The van der Waals surface area contributed by atoms with Gasteiger partial charge in [-0.25, -0.2) is 8.42 Å². The number of halogens is 1. The summed E-state index contributed by atoms with van der Waals surface area (Å²) in [4.78, 5) is 27.8. The number of anilines is 1. The van der Waals surface area contributed by atoms with Gasteiger partial charge >= 0.3 is 0 Å². The quantitative estimate of drug-likeness (QED) is 0.472. The van der Waals surface area contributed by atoms with Gasteiger partial charge in [0.15, 0.2) is 11.5 Å². The molecule has 36 heavy (non-hydrogen) atoms. The molecule has 2 amide bonds. The zero-order valence-corrected chi connectivity index (χ0v) is 22.3. The third-order valence-electron chi connectivity index (χ3n) is 5.75. The molecule has 0 spiro atoms. The molecule has 2 aromatic carbocycles. The van der Waals surface area contributed by atoms with Crippen molar-refractivity contribution in [1.29, 1.82) is 0 Å². The summed E-state index contributed by atoms with van der Waals surface area (Å²) in [5, 5.41) is 3.30. The van der Waals surface area contributed by atoms with Gasteiger partial charge in [0.1, 0.15) is 25.8 Å². The second-order valence-electron chi connectivity index (χ2n) is 8.35. The molecular weight excluding hydrogens is 506 g/mol. The lowest BCUT2D eigenvalue weighted by Gasteiger charge is -2.32. The smallest absolute Gasteiger partial charge is 0.244 e. The first-order chi connectivity index (χ1) is 17.2. The van der Waals surface area contributed by atoms with E-state index in [1.165, 1.54) is 11.8 Å². The van der Waals surface area contributed by atoms with Crippen molar-refractivity contribution in [3.05, 3.63) is 53.1 Å². The number of rotatable bonds is 11. The Hall–Kier alpha value is -2.98. The van der Waals surface area contributed by atoms with Crippen molar-refractivity contribution < 1.29 is 27.5 Å². The molecule has 0 saturated carbocycles. The Morgan fingerprint density at radius 2 is 1.81 bits per heavy atom. The second-order valence-corrected chi connectivity index (χ2v) is 11.0. The maximum Gasteiger partial charge on any atom is 0.244 e. The highest BCUT2D eigenvalue weighted by Gasteiger charge is 2.31. The molecule has 1 aliphatic rings. The fourth-order valence-corrected chi connectivity index (χ4v) is 4.98. The number of nitrogens with zero attached hydrogens (tertiary/aromatic N) is 2. The summed E-state index contributed by atoms with van der Waals surface area (Å²) in [7, 11) is -3.84. The van der Waals surface area contributed by atoms with Gasteiger partial charge in [-0.1, -0.05) is 30.7 Å². The molecule has 1 heterocycles. The lowest BCUT2D eigenvalue weighted by Crippen LogP contribution is -2.51. The average molecular weight is 538 g/mol. The van der Waals surface area contributed by atoms with Gasteiger partial charge in [-0.05, 0) is 50.1 Å². The van der Waals surface area contributed by atoms with Crippen molar-refractivity contribution in [3.8, 4) is 11.5 Å². The highest BCUT2D eigenvalue weighted by atomic mass is 35.5. The van der Waals surface area contributed by atoms with E-state index in [0.717, 1.165) is 16.3 Å². The largest absolute Gasteiger partial charge is 0.486 e. The summed E-state index contributed by atoms with van der Waals surface area (Å²) in [6, 6.07) is 10.9. The lowest BCUT2D eigenvalue weighted by molar-refractivity contribution is -0.139. The van der Waals surface area contributed by atoms with E-state index in [0.29, 0.717) is 36.3 Å². The minimum atomic E-state index is -3.84. The van der Waals surface area contributed by atoms with Gasteiger partial charge in [0.05, 0.1) is 11.4 Å². The molecule has 0 aliphatic carbocycles. The molecule has 0 aromatic heterocycles. The van der Waals surface area contributed by atoms with Crippen LogP contribution in [0.4, 0.5) is 5.69 Å². The SMILES string of the molecule is CCCNC(=O)C(C)N(Cc1cccc(Cl)c1)C(=O)CN(c1ccc2c(c1)OCCO2)S(=O)(=O)CC. The van der Waals surface area contributed by atoms with E-state index < -0.39 is 28.5 Å². The van der Waals surface area contributed by atoms with E-state index in [2.05, 4.69) is 5.32 Å². The van der Waals surface area contributed by atoms with Crippen LogP contribution in [0.1, 0.15) is 32.8 Å². The predicted octanol–water partition coefficient (Wildman–Crippen LogP) is 3.21. The Labute approximate surface area is 217 Å². The third kappa shape index (κ3) is 6.82. The Bertz CT molecular complexity index is 1190. The summed E-state index contributed by atoms with van der Waals surface area (Å²) in [6.07, 6.45) is 0.743. The number of hydrogen-bond acceptors (Lipinski definition) is 6. The summed E-state index contributed by atoms with van der Waals surface area (Å²) >= 11 is 6.13. The van der Waals surface area contributed by atoms with E-state index >= 15 is 0 Å². The standard InChI is InChI=1S/C25H32ClN3O6S/c1-4-11-27-25(31)18(3)28(16-19-7-6-8-20(26)14-19)24(30)17-29(36(32,33)5-2)21-9-10-22-23(15-21)35-13-12-34-22/h6-10,14-15,18H,4-5,11-13,16-17H2,1-3H3,(H,27,31). The number of hydrogen-bond donors (Lipinski definition) is 1. The number of benzene rings is 2. The van der Waals surface area contributed by atoms with Crippen molar-refractivity contribution in [2.75, 3.05) is 36.4 Å². The van der Waals surface area contributed by atoms with Gasteiger partial charge in [0, 0.05) is 24.2 Å². The van der Waals surface area contributed by atoms with Crippen LogP contribution in [0.2, 0.25) is 5.02 Å². The monoisotopic (exact) mass is 537 g/mol. The number of carbonyl (C=O) groups is 2. The molecule has 3 rings (SSSR count). The Balaban J connectivity index is 1.93. The molecular formula is C25H32ClN3O6S. The van der Waals surface area contributed by atoms with Crippen LogP contribution in [0, 0.1) is 0 Å². The molecule has 0 bridgehead atoms. The molecule has 196 valence electrons. The number of carbonyl (C=O) groups excluding carboxylic acids is 2. The van der Waals surface area contributed by atoms with Crippen LogP contribution in [-0.2, 0) is 26.2 Å². The number of nitrogens with one attached hydrogen (secondary N) is 1. The predicted molar refractivity (Wildman–Crippen MR) is 139 cm³/mol. The van der Waals surface area contributed by atoms with E-state index in [9.17, 15) is 18.0 Å². The molecule has 11 heteroatoms. The summed E-state index contributed by atoms with van der Waals surface area (Å²) < 4.78 is 38.3. The average Bonchev–Trinajstić information content (AvgIpc) is 2.88. The molecule has 1 aliphatic heterocycles. The molecule has 0 saturated heterocycles. The van der Waals surface area contributed by atoms with E-state index in [4.69, 9.17) is 21.1 Å². The Morgan fingerprint density at radius 1 is 1.08 bits per heavy atom. The molecule has 0 radical (unpaired) electrons. The lowest BCUT2D eigenvalue weighted by atomic mass is 10.1. The van der Waals surface area contributed by atoms with Crippen molar-refractivity contribution >= 4 is 39.1 Å². The topological polar surface area (TPSA) is 105 Å². The first-order valence-corrected chi connectivity index (χ1v) is 13.9. The zero-order valence-electron chi connectivity index (χ0n) is 20.7. The molecule has 9 nitrogen and oxygen atoms in total. The maximum atomic E-state index is 13.6. The van der Waals surface area contributed by atoms with Gasteiger partial charge in [-0.2, -0.15) is 0 Å². The highest BCUT2D eigenvalue weighted by molar-refractivity contribution is 7.92. The summed E-state index contributed by atoms with van der Waals surface area (Å²) in [5.74, 6) is -0.146. The summed E-state index contributed by atoms with van der Waals surface area (Å²) in [5.41, 5.74) is 0.996. The van der Waals surface area contributed by atoms with Crippen molar-refractivity contribution in [3.63, 3.8) is 0 Å². The summed E-state index contributed by atoms with van der Waals surface area (Å²) in [6.45, 7) is 5.87.